The molecule has 7 nitrogen and oxygen atoms in total. The Morgan fingerprint density at radius 1 is 1.09 bits per heavy atom. The second-order valence-electron chi connectivity index (χ2n) is 9.33. The van der Waals surface area contributed by atoms with E-state index in [1.165, 1.54) is 4.90 Å². The van der Waals surface area contributed by atoms with E-state index in [0.717, 1.165) is 57.4 Å². The van der Waals surface area contributed by atoms with Crippen LogP contribution in [0.3, 0.4) is 0 Å². The molecule has 1 N–H and O–H groups in total. The van der Waals surface area contributed by atoms with Crippen LogP contribution in [0.15, 0.2) is 46.9 Å². The summed E-state index contributed by atoms with van der Waals surface area (Å²) >= 11 is 3.46. The summed E-state index contributed by atoms with van der Waals surface area (Å²) in [6, 6.07) is 12.4. The molecule has 0 unspecified atom stereocenters. The monoisotopic (exact) mass is 563 g/mol. The average Bonchev–Trinajstić information content (AvgIpc) is 3.28. The summed E-state index contributed by atoms with van der Waals surface area (Å²) in [6.07, 6.45) is 5.14. The molecule has 1 aliphatic rings. The lowest BCUT2D eigenvalue weighted by molar-refractivity contribution is -0.139. The lowest BCUT2D eigenvalue weighted by Gasteiger charge is -2.33. The van der Waals surface area contributed by atoms with E-state index >= 15 is 0 Å². The molecule has 0 bridgehead atoms. The van der Waals surface area contributed by atoms with Crippen LogP contribution >= 0.6 is 15.9 Å². The molecule has 0 saturated heterocycles. The molecular formula is C26H34BrN3O4S. The molecule has 1 fully saturated rings. The van der Waals surface area contributed by atoms with Crippen LogP contribution in [0.5, 0.6) is 0 Å². The molecule has 3 rings (SSSR count). The summed E-state index contributed by atoms with van der Waals surface area (Å²) < 4.78 is 27.6. The highest BCUT2D eigenvalue weighted by atomic mass is 79.9. The summed E-state index contributed by atoms with van der Waals surface area (Å²) in [5, 5.41) is 3.07. The van der Waals surface area contributed by atoms with Gasteiger partial charge < -0.3 is 10.2 Å². The van der Waals surface area contributed by atoms with Gasteiger partial charge >= 0.3 is 0 Å². The number of sulfonamides is 1. The maximum absolute atomic E-state index is 13.7. The van der Waals surface area contributed by atoms with Crippen LogP contribution in [0.25, 0.3) is 0 Å². The zero-order valence-corrected chi connectivity index (χ0v) is 23.2. The summed E-state index contributed by atoms with van der Waals surface area (Å²) in [4.78, 5) is 28.3. The van der Waals surface area contributed by atoms with Gasteiger partial charge in [-0.1, -0.05) is 59.1 Å². The van der Waals surface area contributed by atoms with E-state index in [0.29, 0.717) is 5.69 Å². The first-order valence-electron chi connectivity index (χ1n) is 11.9. The number of nitrogens with one attached hydrogen (secondary N) is 1. The van der Waals surface area contributed by atoms with E-state index in [9.17, 15) is 18.0 Å². The van der Waals surface area contributed by atoms with Crippen LogP contribution in [0.1, 0.15) is 49.3 Å². The molecule has 190 valence electrons. The Hall–Kier alpha value is -2.39. The Balaban J connectivity index is 1.92. The predicted octanol–water partition coefficient (Wildman–Crippen LogP) is 4.31. The van der Waals surface area contributed by atoms with Gasteiger partial charge in [-0.05, 0) is 62.4 Å². The average molecular weight is 565 g/mol. The Labute approximate surface area is 217 Å². The van der Waals surface area contributed by atoms with Crippen LogP contribution in [0, 0.1) is 13.8 Å². The summed E-state index contributed by atoms with van der Waals surface area (Å²) in [6.45, 7) is 5.13. The molecule has 0 spiro atoms. The van der Waals surface area contributed by atoms with Gasteiger partial charge in [-0.2, -0.15) is 0 Å². The SMILES string of the molecule is Cc1cccc(C)c1N(CC(=O)N(Cc1cccc(Br)c1)[C@H](C)C(=O)NC1CCCC1)S(C)(=O)=O. The quantitative estimate of drug-likeness (QED) is 0.492. The second-order valence-corrected chi connectivity index (χ2v) is 12.2. The fourth-order valence-corrected chi connectivity index (χ4v) is 5.99. The minimum absolute atomic E-state index is 0.120. The third-order valence-electron chi connectivity index (χ3n) is 6.48. The van der Waals surface area contributed by atoms with Crippen molar-refractivity contribution < 1.29 is 18.0 Å². The van der Waals surface area contributed by atoms with Gasteiger partial charge in [-0.15, -0.1) is 0 Å². The van der Waals surface area contributed by atoms with E-state index < -0.39 is 22.0 Å². The summed E-state index contributed by atoms with van der Waals surface area (Å²) in [5.74, 6) is -0.662. The lowest BCUT2D eigenvalue weighted by Crippen LogP contribution is -2.52. The largest absolute Gasteiger partial charge is 0.352 e. The topological polar surface area (TPSA) is 86.8 Å². The van der Waals surface area contributed by atoms with E-state index in [2.05, 4.69) is 21.2 Å². The van der Waals surface area contributed by atoms with Gasteiger partial charge in [-0.3, -0.25) is 13.9 Å². The van der Waals surface area contributed by atoms with Crippen molar-refractivity contribution in [3.63, 3.8) is 0 Å². The van der Waals surface area contributed by atoms with Crippen LogP contribution in [0.4, 0.5) is 5.69 Å². The van der Waals surface area contributed by atoms with E-state index in [4.69, 9.17) is 0 Å². The fourth-order valence-electron chi connectivity index (χ4n) is 4.58. The van der Waals surface area contributed by atoms with Crippen molar-refractivity contribution in [1.82, 2.24) is 10.2 Å². The number of rotatable bonds is 9. The van der Waals surface area contributed by atoms with Crippen molar-refractivity contribution in [3.05, 3.63) is 63.6 Å². The normalized spacial score (nSPS) is 15.0. The molecule has 2 aromatic carbocycles. The lowest BCUT2D eigenvalue weighted by atomic mass is 10.1. The zero-order valence-electron chi connectivity index (χ0n) is 20.8. The van der Waals surface area contributed by atoms with Gasteiger partial charge in [0.2, 0.25) is 21.8 Å². The minimum atomic E-state index is -3.76. The van der Waals surface area contributed by atoms with Crippen molar-refractivity contribution in [2.75, 3.05) is 17.1 Å². The van der Waals surface area contributed by atoms with Gasteiger partial charge in [0, 0.05) is 17.1 Å². The maximum atomic E-state index is 13.7. The Kier molecular flexibility index (Phi) is 8.99. The molecule has 9 heteroatoms. The molecule has 35 heavy (non-hydrogen) atoms. The van der Waals surface area contributed by atoms with Crippen LogP contribution in [-0.4, -0.2) is 50.0 Å². The highest BCUT2D eigenvalue weighted by Crippen LogP contribution is 2.27. The van der Waals surface area contributed by atoms with E-state index in [1.54, 1.807) is 6.92 Å². The number of aryl methyl sites for hydroxylation is 2. The van der Waals surface area contributed by atoms with Crippen molar-refractivity contribution in [3.8, 4) is 0 Å². The van der Waals surface area contributed by atoms with Crippen molar-refractivity contribution in [2.45, 2.75) is 65.1 Å². The number of benzene rings is 2. The molecule has 2 amide bonds. The highest BCUT2D eigenvalue weighted by molar-refractivity contribution is 9.10. The first-order valence-corrected chi connectivity index (χ1v) is 14.5. The van der Waals surface area contributed by atoms with Gasteiger partial charge in [0.1, 0.15) is 12.6 Å². The van der Waals surface area contributed by atoms with Crippen LogP contribution in [-0.2, 0) is 26.2 Å². The van der Waals surface area contributed by atoms with Gasteiger partial charge in [0.05, 0.1) is 11.9 Å². The molecule has 0 heterocycles. The number of hydrogen-bond donors (Lipinski definition) is 1. The van der Waals surface area contributed by atoms with E-state index in [-0.39, 0.29) is 25.0 Å². The minimum Gasteiger partial charge on any atom is -0.352 e. The first-order chi connectivity index (χ1) is 16.5. The molecule has 0 aromatic heterocycles. The predicted molar refractivity (Wildman–Crippen MR) is 143 cm³/mol. The number of nitrogens with zero attached hydrogens (tertiary/aromatic N) is 2. The molecule has 0 aliphatic heterocycles. The fraction of sp³-hybridized carbons (Fsp3) is 0.462. The molecule has 1 aliphatic carbocycles. The van der Waals surface area contributed by atoms with Crippen molar-refractivity contribution in [1.29, 1.82) is 0 Å². The van der Waals surface area contributed by atoms with E-state index in [1.807, 2.05) is 56.3 Å². The van der Waals surface area contributed by atoms with Crippen molar-refractivity contribution in [2.24, 2.45) is 0 Å². The molecule has 1 atom stereocenters. The molecule has 1 saturated carbocycles. The Morgan fingerprint density at radius 2 is 1.69 bits per heavy atom. The maximum Gasteiger partial charge on any atom is 0.244 e. The van der Waals surface area contributed by atoms with Gasteiger partial charge in [0.25, 0.3) is 0 Å². The second kappa shape index (κ2) is 11.6. The third-order valence-corrected chi connectivity index (χ3v) is 8.08. The summed E-state index contributed by atoms with van der Waals surface area (Å²) in [7, 11) is -3.76. The first kappa shape index (κ1) is 27.2. The van der Waals surface area contributed by atoms with Crippen LogP contribution in [0.2, 0.25) is 0 Å². The number of hydrogen-bond acceptors (Lipinski definition) is 4. The molecular weight excluding hydrogens is 530 g/mol. The van der Waals surface area contributed by atoms with Gasteiger partial charge in [0.15, 0.2) is 0 Å². The van der Waals surface area contributed by atoms with Gasteiger partial charge in [-0.25, -0.2) is 8.42 Å². The number of carbonyl (C=O) groups is 2. The smallest absolute Gasteiger partial charge is 0.244 e. The number of anilines is 1. The number of amides is 2. The van der Waals surface area contributed by atoms with Crippen LogP contribution < -0.4 is 9.62 Å². The zero-order chi connectivity index (χ0) is 25.8. The Bertz CT molecular complexity index is 1160. The standard InChI is InChI=1S/C26H34BrN3O4S/c1-18-9-7-10-19(2)25(18)30(35(4,33)34)17-24(31)29(16-21-11-8-12-22(27)15-21)20(3)26(32)28-23-13-5-6-14-23/h7-12,15,20,23H,5-6,13-14,16-17H2,1-4H3,(H,28,32)/t20-/m1/s1. The van der Waals surface area contributed by atoms with Crippen molar-refractivity contribution >= 4 is 43.5 Å². The third kappa shape index (κ3) is 7.07. The number of para-hydroxylation sites is 1. The molecule has 0 radical (unpaired) electrons. The summed E-state index contributed by atoms with van der Waals surface area (Å²) in [5.41, 5.74) is 2.85. The Morgan fingerprint density at radius 3 is 2.26 bits per heavy atom. The number of carbonyl (C=O) groups excluding carboxylic acids is 2. The highest BCUT2D eigenvalue weighted by Gasteiger charge is 2.32. The molecule has 2 aromatic rings. The number of halogens is 1.